The van der Waals surface area contributed by atoms with Crippen LogP contribution in [-0.2, 0) is 0 Å². The summed E-state index contributed by atoms with van der Waals surface area (Å²) in [5.74, 6) is -1.35. The fourth-order valence-electron chi connectivity index (χ4n) is 2.46. The second-order valence-electron chi connectivity index (χ2n) is 4.55. The molecule has 2 N–H and O–H groups in total. The lowest BCUT2D eigenvalue weighted by Gasteiger charge is -2.11. The van der Waals surface area contributed by atoms with Crippen molar-refractivity contribution in [2.75, 3.05) is 0 Å². The van der Waals surface area contributed by atoms with E-state index in [1.165, 1.54) is 6.07 Å². The number of nitrogens with two attached hydrogens (primary N) is 1. The van der Waals surface area contributed by atoms with Crippen LogP contribution in [0.25, 0.3) is 21.9 Å². The van der Waals surface area contributed by atoms with Gasteiger partial charge < -0.3 is 5.73 Å². The van der Waals surface area contributed by atoms with E-state index in [1.54, 1.807) is 12.1 Å². The predicted octanol–water partition coefficient (Wildman–Crippen LogP) is 3.74. The molecule has 1 amide bonds. The van der Waals surface area contributed by atoms with Crippen molar-refractivity contribution in [3.8, 4) is 11.1 Å². The van der Waals surface area contributed by atoms with Crippen LogP contribution in [0.15, 0.2) is 60.7 Å². The smallest absolute Gasteiger partial charge is 0.252 e. The summed E-state index contributed by atoms with van der Waals surface area (Å²) in [6, 6.07) is 18.0. The van der Waals surface area contributed by atoms with Crippen molar-refractivity contribution in [2.45, 2.75) is 0 Å². The van der Waals surface area contributed by atoms with E-state index in [2.05, 4.69) is 0 Å². The lowest BCUT2D eigenvalue weighted by atomic mass is 9.94. The topological polar surface area (TPSA) is 43.1 Å². The van der Waals surface area contributed by atoms with Gasteiger partial charge in [0.1, 0.15) is 5.82 Å². The molecule has 0 aliphatic rings. The molecule has 20 heavy (non-hydrogen) atoms. The summed E-state index contributed by atoms with van der Waals surface area (Å²) in [6.07, 6.45) is 0. The van der Waals surface area contributed by atoms with Gasteiger partial charge in [0, 0.05) is 0 Å². The predicted molar refractivity (Wildman–Crippen MR) is 77.9 cm³/mol. The monoisotopic (exact) mass is 265 g/mol. The molecule has 0 saturated heterocycles. The first-order valence-electron chi connectivity index (χ1n) is 6.25. The minimum absolute atomic E-state index is 0.0659. The Bertz CT molecular complexity index is 806. The van der Waals surface area contributed by atoms with Gasteiger partial charge in [-0.3, -0.25) is 4.79 Å². The molecule has 0 saturated carbocycles. The van der Waals surface area contributed by atoms with E-state index in [-0.39, 0.29) is 5.56 Å². The molecular formula is C17H12FNO. The average Bonchev–Trinajstić information content (AvgIpc) is 2.46. The zero-order valence-corrected chi connectivity index (χ0v) is 10.6. The number of hydrogen-bond donors (Lipinski definition) is 1. The van der Waals surface area contributed by atoms with Crippen LogP contribution >= 0.6 is 0 Å². The Kier molecular flexibility index (Phi) is 2.95. The van der Waals surface area contributed by atoms with E-state index in [0.29, 0.717) is 5.56 Å². The molecule has 0 atom stereocenters. The molecule has 0 spiro atoms. The first-order valence-corrected chi connectivity index (χ1v) is 6.25. The molecule has 0 bridgehead atoms. The lowest BCUT2D eigenvalue weighted by Crippen LogP contribution is -2.14. The number of benzene rings is 3. The number of carbonyl (C=O) groups is 1. The molecule has 3 aromatic carbocycles. The summed E-state index contributed by atoms with van der Waals surface area (Å²) in [6.45, 7) is 0. The molecule has 0 aliphatic heterocycles. The summed E-state index contributed by atoms with van der Waals surface area (Å²) in [7, 11) is 0. The quantitative estimate of drug-likeness (QED) is 0.753. The fraction of sp³-hybridized carbons (Fsp3) is 0. The Morgan fingerprint density at radius 2 is 1.50 bits per heavy atom. The summed E-state index contributed by atoms with van der Waals surface area (Å²) < 4.78 is 13.9. The van der Waals surface area contributed by atoms with Crippen LogP contribution in [0.4, 0.5) is 4.39 Å². The Labute approximate surface area is 115 Å². The number of rotatable bonds is 2. The molecule has 0 aromatic heterocycles. The van der Waals surface area contributed by atoms with Crippen LogP contribution in [0, 0.1) is 5.82 Å². The van der Waals surface area contributed by atoms with Gasteiger partial charge >= 0.3 is 0 Å². The maximum absolute atomic E-state index is 13.9. The molecule has 98 valence electrons. The van der Waals surface area contributed by atoms with E-state index in [9.17, 15) is 9.18 Å². The Morgan fingerprint density at radius 1 is 0.850 bits per heavy atom. The molecule has 3 aromatic rings. The fourth-order valence-corrected chi connectivity index (χ4v) is 2.46. The van der Waals surface area contributed by atoms with Crippen molar-refractivity contribution >= 4 is 16.7 Å². The highest BCUT2D eigenvalue weighted by Gasteiger charge is 2.16. The third-order valence-corrected chi connectivity index (χ3v) is 3.34. The summed E-state index contributed by atoms with van der Waals surface area (Å²) in [5, 5.41) is 1.99. The van der Waals surface area contributed by atoms with E-state index >= 15 is 0 Å². The Balaban J connectivity index is 2.37. The highest BCUT2D eigenvalue weighted by molar-refractivity contribution is 6.05. The van der Waals surface area contributed by atoms with Crippen molar-refractivity contribution in [3.05, 3.63) is 72.0 Å². The average molecular weight is 265 g/mol. The van der Waals surface area contributed by atoms with Gasteiger partial charge in [0.2, 0.25) is 0 Å². The second-order valence-corrected chi connectivity index (χ2v) is 4.55. The Hall–Kier alpha value is -2.68. The SMILES string of the molecule is NC(=O)c1c(F)cccc1-c1cccc2ccccc12. The largest absolute Gasteiger partial charge is 0.365 e. The molecule has 3 heteroatoms. The zero-order chi connectivity index (χ0) is 14.1. The number of fused-ring (bicyclic) bond motifs is 1. The molecular weight excluding hydrogens is 253 g/mol. The zero-order valence-electron chi connectivity index (χ0n) is 10.6. The van der Waals surface area contributed by atoms with Gasteiger partial charge in [-0.2, -0.15) is 0 Å². The molecule has 0 unspecified atom stereocenters. The van der Waals surface area contributed by atoms with E-state index < -0.39 is 11.7 Å². The van der Waals surface area contributed by atoms with E-state index in [1.807, 2.05) is 42.5 Å². The minimum atomic E-state index is -0.758. The molecule has 0 aliphatic carbocycles. The van der Waals surface area contributed by atoms with Crippen LogP contribution in [0.2, 0.25) is 0 Å². The normalized spacial score (nSPS) is 10.7. The third-order valence-electron chi connectivity index (χ3n) is 3.34. The molecule has 0 heterocycles. The van der Waals surface area contributed by atoms with Gasteiger partial charge in [-0.25, -0.2) is 4.39 Å². The number of hydrogen-bond acceptors (Lipinski definition) is 1. The maximum Gasteiger partial charge on any atom is 0.252 e. The van der Waals surface area contributed by atoms with Crippen molar-refractivity contribution in [1.82, 2.24) is 0 Å². The first kappa shape index (κ1) is 12.4. The van der Waals surface area contributed by atoms with Gasteiger partial charge in [-0.05, 0) is 28.0 Å². The van der Waals surface area contributed by atoms with Gasteiger partial charge in [-0.1, -0.05) is 54.6 Å². The minimum Gasteiger partial charge on any atom is -0.365 e. The second kappa shape index (κ2) is 4.78. The van der Waals surface area contributed by atoms with E-state index in [4.69, 9.17) is 5.73 Å². The number of amides is 1. The standard InChI is InChI=1S/C17H12FNO/c18-15-10-4-9-14(16(15)17(19)20)13-8-3-6-11-5-1-2-7-12(11)13/h1-10H,(H2,19,20). The van der Waals surface area contributed by atoms with Gasteiger partial charge in [0.25, 0.3) is 5.91 Å². The number of primary amides is 1. The number of halogens is 1. The van der Waals surface area contributed by atoms with Crippen LogP contribution in [0.3, 0.4) is 0 Å². The lowest BCUT2D eigenvalue weighted by molar-refractivity contribution is 0.0997. The van der Waals surface area contributed by atoms with E-state index in [0.717, 1.165) is 16.3 Å². The van der Waals surface area contributed by atoms with Crippen LogP contribution < -0.4 is 5.73 Å². The van der Waals surface area contributed by atoms with Crippen molar-refractivity contribution in [3.63, 3.8) is 0 Å². The number of carbonyl (C=O) groups excluding carboxylic acids is 1. The summed E-state index contributed by atoms with van der Waals surface area (Å²) in [5.41, 5.74) is 6.58. The molecule has 2 nitrogen and oxygen atoms in total. The van der Waals surface area contributed by atoms with Crippen molar-refractivity contribution < 1.29 is 9.18 Å². The van der Waals surface area contributed by atoms with Gasteiger partial charge in [-0.15, -0.1) is 0 Å². The van der Waals surface area contributed by atoms with Gasteiger partial charge in [0.05, 0.1) is 5.56 Å². The highest BCUT2D eigenvalue weighted by atomic mass is 19.1. The van der Waals surface area contributed by atoms with Crippen molar-refractivity contribution in [1.29, 1.82) is 0 Å². The summed E-state index contributed by atoms with van der Waals surface area (Å²) >= 11 is 0. The summed E-state index contributed by atoms with van der Waals surface area (Å²) in [4.78, 5) is 11.5. The third kappa shape index (κ3) is 1.93. The maximum atomic E-state index is 13.9. The molecule has 0 radical (unpaired) electrons. The first-order chi connectivity index (χ1) is 9.68. The van der Waals surface area contributed by atoms with Crippen LogP contribution in [0.1, 0.15) is 10.4 Å². The van der Waals surface area contributed by atoms with Crippen molar-refractivity contribution in [2.24, 2.45) is 5.73 Å². The molecule has 0 fully saturated rings. The van der Waals surface area contributed by atoms with Crippen LogP contribution in [-0.4, -0.2) is 5.91 Å². The van der Waals surface area contributed by atoms with Crippen LogP contribution in [0.5, 0.6) is 0 Å². The van der Waals surface area contributed by atoms with Gasteiger partial charge in [0.15, 0.2) is 0 Å². The highest BCUT2D eigenvalue weighted by Crippen LogP contribution is 2.31. The molecule has 3 rings (SSSR count). The Morgan fingerprint density at radius 3 is 2.30 bits per heavy atom.